The quantitative estimate of drug-likeness (QED) is 0.343. The van der Waals surface area contributed by atoms with Crippen molar-refractivity contribution >= 4 is 40.4 Å². The number of aromatic nitrogens is 1. The molecule has 2 aliphatic rings. The highest BCUT2D eigenvalue weighted by molar-refractivity contribution is 5.99. The molecular formula is C35H44FN7O6. The monoisotopic (exact) mass is 677 g/mol. The van der Waals surface area contributed by atoms with Crippen molar-refractivity contribution in [3.63, 3.8) is 0 Å². The molecule has 1 saturated heterocycles. The van der Waals surface area contributed by atoms with E-state index in [-0.39, 0.29) is 74.0 Å². The largest absolute Gasteiger partial charge is 0.491 e. The van der Waals surface area contributed by atoms with Crippen molar-refractivity contribution < 1.29 is 33.1 Å². The predicted octanol–water partition coefficient (Wildman–Crippen LogP) is 1.38. The van der Waals surface area contributed by atoms with Gasteiger partial charge in [0.2, 0.25) is 23.6 Å². The molecule has 262 valence electrons. The molecule has 0 spiro atoms. The molecule has 49 heavy (non-hydrogen) atoms. The van der Waals surface area contributed by atoms with E-state index in [4.69, 9.17) is 4.74 Å². The zero-order valence-corrected chi connectivity index (χ0v) is 28.3. The van der Waals surface area contributed by atoms with E-state index in [0.29, 0.717) is 19.5 Å². The van der Waals surface area contributed by atoms with E-state index in [0.717, 1.165) is 22.5 Å². The van der Waals surface area contributed by atoms with Crippen LogP contribution in [0.15, 0.2) is 48.7 Å². The van der Waals surface area contributed by atoms with E-state index < -0.39 is 29.7 Å². The molecule has 1 aromatic heterocycles. The van der Waals surface area contributed by atoms with Crippen LogP contribution in [-0.4, -0.2) is 133 Å². The number of H-pyrrole nitrogens is 1. The van der Waals surface area contributed by atoms with Crippen LogP contribution in [0.4, 0.5) is 4.39 Å². The summed E-state index contributed by atoms with van der Waals surface area (Å²) in [7, 11) is 6.67. The Kier molecular flexibility index (Phi) is 11.2. The number of ether oxygens (including phenoxy) is 1. The maximum absolute atomic E-state index is 14.5. The summed E-state index contributed by atoms with van der Waals surface area (Å²) in [5.41, 5.74) is 1.70. The molecule has 14 heteroatoms. The second-order valence-corrected chi connectivity index (χ2v) is 13.0. The number of carbonyl (C=O) groups is 5. The Morgan fingerprint density at radius 1 is 1.08 bits per heavy atom. The Morgan fingerprint density at radius 2 is 1.86 bits per heavy atom. The number of hydrogen-bond acceptors (Lipinski definition) is 7. The molecule has 5 rings (SSSR count). The summed E-state index contributed by atoms with van der Waals surface area (Å²) in [5.74, 6) is -2.59. The SMILES string of the molecule is CN(C)CCNC(=O)[C@H]1CCC(=O)N(C)CC(=O)N2C[C@@H](NC(=O)Cc3c[nH]c4ccccc34)C[C@H]2COc2ccc(F)cc2C(=O)N1C. The third kappa shape index (κ3) is 8.55. The molecule has 3 heterocycles. The highest BCUT2D eigenvalue weighted by atomic mass is 19.1. The van der Waals surface area contributed by atoms with Crippen LogP contribution in [-0.2, 0) is 25.6 Å². The summed E-state index contributed by atoms with van der Waals surface area (Å²) in [6.45, 7) is 0.808. The molecule has 3 atom stereocenters. The predicted molar refractivity (Wildman–Crippen MR) is 180 cm³/mol. The fourth-order valence-electron chi connectivity index (χ4n) is 6.38. The zero-order chi connectivity index (χ0) is 35.2. The van der Waals surface area contributed by atoms with Crippen LogP contribution in [0.5, 0.6) is 5.75 Å². The number of nitrogens with one attached hydrogen (secondary N) is 3. The lowest BCUT2D eigenvalue weighted by Gasteiger charge is -2.28. The number of hydrogen-bond donors (Lipinski definition) is 3. The summed E-state index contributed by atoms with van der Waals surface area (Å²) in [6, 6.07) is 9.34. The number of para-hydroxylation sites is 1. The van der Waals surface area contributed by atoms with Gasteiger partial charge < -0.3 is 40.0 Å². The molecule has 2 aliphatic heterocycles. The van der Waals surface area contributed by atoms with Crippen LogP contribution >= 0.6 is 0 Å². The number of benzene rings is 2. The lowest BCUT2D eigenvalue weighted by atomic mass is 10.1. The van der Waals surface area contributed by atoms with Crippen LogP contribution in [0.25, 0.3) is 10.9 Å². The fourth-order valence-corrected chi connectivity index (χ4v) is 6.38. The third-order valence-corrected chi connectivity index (χ3v) is 9.11. The van der Waals surface area contributed by atoms with E-state index in [1.165, 1.54) is 36.0 Å². The summed E-state index contributed by atoms with van der Waals surface area (Å²) in [4.78, 5) is 76.3. The Morgan fingerprint density at radius 3 is 2.63 bits per heavy atom. The van der Waals surface area contributed by atoms with Gasteiger partial charge in [-0.3, -0.25) is 24.0 Å². The van der Waals surface area contributed by atoms with Gasteiger partial charge in [-0.05, 0) is 56.8 Å². The van der Waals surface area contributed by atoms with Gasteiger partial charge in [0.1, 0.15) is 24.2 Å². The molecule has 1 fully saturated rings. The lowest BCUT2D eigenvalue weighted by molar-refractivity contribution is -0.140. The normalized spacial score (nSPS) is 20.8. The van der Waals surface area contributed by atoms with Gasteiger partial charge in [0.25, 0.3) is 5.91 Å². The highest BCUT2D eigenvalue weighted by Gasteiger charge is 2.38. The maximum atomic E-state index is 14.5. The number of amides is 5. The summed E-state index contributed by atoms with van der Waals surface area (Å²) in [5, 5.41) is 6.82. The van der Waals surface area contributed by atoms with Gasteiger partial charge in [-0.15, -0.1) is 0 Å². The maximum Gasteiger partial charge on any atom is 0.258 e. The minimum atomic E-state index is -1.04. The fraction of sp³-hybridized carbons (Fsp3) is 0.457. The van der Waals surface area contributed by atoms with Gasteiger partial charge in [-0.2, -0.15) is 0 Å². The molecule has 0 bridgehead atoms. The smallest absolute Gasteiger partial charge is 0.258 e. The third-order valence-electron chi connectivity index (χ3n) is 9.11. The molecule has 0 radical (unpaired) electrons. The van der Waals surface area contributed by atoms with Gasteiger partial charge in [-0.25, -0.2) is 4.39 Å². The van der Waals surface area contributed by atoms with Crippen LogP contribution in [0.2, 0.25) is 0 Å². The Hall–Kier alpha value is -4.98. The van der Waals surface area contributed by atoms with Gasteiger partial charge in [-0.1, -0.05) is 18.2 Å². The van der Waals surface area contributed by atoms with E-state index in [9.17, 15) is 28.4 Å². The van der Waals surface area contributed by atoms with E-state index in [1.54, 1.807) is 4.90 Å². The van der Waals surface area contributed by atoms with E-state index in [2.05, 4.69) is 15.6 Å². The van der Waals surface area contributed by atoms with Crippen molar-refractivity contribution in [1.29, 1.82) is 0 Å². The molecule has 3 N–H and O–H groups in total. The van der Waals surface area contributed by atoms with Crippen molar-refractivity contribution in [3.8, 4) is 5.75 Å². The number of likely N-dealkylation sites (N-methyl/N-ethyl adjacent to an activating group) is 3. The topological polar surface area (TPSA) is 147 Å². The number of nitrogens with zero attached hydrogens (tertiary/aromatic N) is 4. The molecule has 0 saturated carbocycles. The molecule has 5 amide bonds. The average molecular weight is 678 g/mol. The van der Waals surface area contributed by atoms with Gasteiger partial charge in [0.15, 0.2) is 0 Å². The summed E-state index contributed by atoms with van der Waals surface area (Å²) >= 11 is 0. The van der Waals surface area contributed by atoms with E-state index in [1.807, 2.05) is 49.5 Å². The standard InChI is InChI=1S/C35H44FN7O6/c1-40(2)14-13-37-34(47)29-10-12-32(45)41(3)20-33(46)43-19-24(39-31(44)15-22-18-38-28-8-6-5-7-26(22)28)17-25(43)21-49-30-11-9-23(36)16-27(30)35(48)42(29)4/h5-9,11,16,18,24-25,29,38H,10,12-15,17,19-21H2,1-4H3,(H,37,47)(H,39,44)/t24-,25-,29+/m0/s1. The first-order chi connectivity index (χ1) is 23.4. The summed E-state index contributed by atoms with van der Waals surface area (Å²) in [6.07, 6.45) is 2.19. The van der Waals surface area contributed by atoms with Crippen LogP contribution in [0.3, 0.4) is 0 Å². The zero-order valence-electron chi connectivity index (χ0n) is 28.3. The number of rotatable bonds is 7. The number of aromatic amines is 1. The number of fused-ring (bicyclic) bond motifs is 3. The van der Waals surface area contributed by atoms with Gasteiger partial charge in [0, 0.05) is 63.3 Å². The van der Waals surface area contributed by atoms with Crippen molar-refractivity contribution in [2.24, 2.45) is 0 Å². The summed E-state index contributed by atoms with van der Waals surface area (Å²) < 4.78 is 20.6. The molecular weight excluding hydrogens is 633 g/mol. The molecule has 0 unspecified atom stereocenters. The van der Waals surface area contributed by atoms with Crippen molar-refractivity contribution in [1.82, 2.24) is 35.2 Å². The average Bonchev–Trinajstić information content (AvgIpc) is 3.66. The first kappa shape index (κ1) is 35.3. The lowest BCUT2D eigenvalue weighted by Crippen LogP contribution is -2.49. The van der Waals surface area contributed by atoms with Gasteiger partial charge >= 0.3 is 0 Å². The molecule has 3 aromatic rings. The van der Waals surface area contributed by atoms with Gasteiger partial charge in [0.05, 0.1) is 24.6 Å². The second-order valence-electron chi connectivity index (χ2n) is 13.0. The minimum Gasteiger partial charge on any atom is -0.491 e. The first-order valence-corrected chi connectivity index (χ1v) is 16.4. The molecule has 0 aliphatic carbocycles. The number of halogens is 1. The first-order valence-electron chi connectivity index (χ1n) is 16.4. The molecule has 2 aromatic carbocycles. The van der Waals surface area contributed by atoms with Crippen molar-refractivity contribution in [2.45, 2.75) is 43.8 Å². The van der Waals surface area contributed by atoms with Crippen LogP contribution in [0, 0.1) is 5.82 Å². The Bertz CT molecular complexity index is 1710. The van der Waals surface area contributed by atoms with Crippen LogP contribution in [0.1, 0.15) is 35.2 Å². The minimum absolute atomic E-state index is 0.0181. The molecule has 13 nitrogen and oxygen atoms in total. The van der Waals surface area contributed by atoms with Crippen molar-refractivity contribution in [3.05, 3.63) is 65.6 Å². The van der Waals surface area contributed by atoms with Crippen LogP contribution < -0.4 is 15.4 Å². The highest BCUT2D eigenvalue weighted by Crippen LogP contribution is 2.26. The van der Waals surface area contributed by atoms with Crippen molar-refractivity contribution in [2.75, 3.05) is 61.0 Å². The second kappa shape index (κ2) is 15.5. The van der Waals surface area contributed by atoms with E-state index >= 15 is 0 Å². The Labute approximate surface area is 284 Å². The Balaban J connectivity index is 1.36. The number of carbonyl (C=O) groups excluding carboxylic acids is 5.